The van der Waals surface area contributed by atoms with E-state index in [0.29, 0.717) is 26.3 Å². The van der Waals surface area contributed by atoms with E-state index in [1.807, 2.05) is 24.3 Å². The number of nitrogens with one attached hydrogen (secondary N) is 1. The molecule has 0 radical (unpaired) electrons. The Morgan fingerprint density at radius 1 is 1.15 bits per heavy atom. The standard InChI is InChI=1S/C19H29N3O4/c1-14-10-21(11-15(2)26-14)18-7-5-4-6-17(18)20-19(23)22-12-16(13-22)25-9-8-24-3/h4-7,14-16H,8-13H2,1-3H3,(H,20,23)/t14-,15-/m0/s1. The number of benzene rings is 1. The number of rotatable bonds is 6. The van der Waals surface area contributed by atoms with Crippen LogP contribution in [0.15, 0.2) is 24.3 Å². The van der Waals surface area contributed by atoms with E-state index in [0.717, 1.165) is 24.5 Å². The van der Waals surface area contributed by atoms with E-state index in [1.165, 1.54) is 0 Å². The van der Waals surface area contributed by atoms with Gasteiger partial charge >= 0.3 is 6.03 Å². The number of hydrogen-bond donors (Lipinski definition) is 1. The minimum absolute atomic E-state index is 0.0848. The van der Waals surface area contributed by atoms with Gasteiger partial charge in [-0.3, -0.25) is 0 Å². The first-order chi connectivity index (χ1) is 12.6. The van der Waals surface area contributed by atoms with E-state index >= 15 is 0 Å². The zero-order chi connectivity index (χ0) is 18.5. The highest BCUT2D eigenvalue weighted by molar-refractivity contribution is 5.93. The van der Waals surface area contributed by atoms with Gasteiger partial charge in [0.1, 0.15) is 0 Å². The molecular weight excluding hydrogens is 334 g/mol. The second-order valence-electron chi connectivity index (χ2n) is 7.00. The van der Waals surface area contributed by atoms with E-state index in [1.54, 1.807) is 12.0 Å². The van der Waals surface area contributed by atoms with E-state index in [4.69, 9.17) is 14.2 Å². The maximum Gasteiger partial charge on any atom is 0.322 e. The average molecular weight is 363 g/mol. The summed E-state index contributed by atoms with van der Waals surface area (Å²) in [5, 5.41) is 3.05. The molecule has 0 bridgehead atoms. The number of ether oxygens (including phenoxy) is 3. The number of likely N-dealkylation sites (tertiary alicyclic amines) is 1. The maximum absolute atomic E-state index is 12.5. The Labute approximate surface area is 155 Å². The summed E-state index contributed by atoms with van der Waals surface area (Å²) >= 11 is 0. The summed E-state index contributed by atoms with van der Waals surface area (Å²) in [5.74, 6) is 0. The first-order valence-corrected chi connectivity index (χ1v) is 9.22. The molecule has 2 atom stereocenters. The number of para-hydroxylation sites is 2. The lowest BCUT2D eigenvalue weighted by molar-refractivity contribution is -0.0486. The second-order valence-corrected chi connectivity index (χ2v) is 7.00. The highest BCUT2D eigenvalue weighted by atomic mass is 16.5. The predicted octanol–water partition coefficient (Wildman–Crippen LogP) is 2.18. The Morgan fingerprint density at radius 3 is 2.54 bits per heavy atom. The fourth-order valence-corrected chi connectivity index (χ4v) is 3.43. The maximum atomic E-state index is 12.5. The van der Waals surface area contributed by atoms with Gasteiger partial charge in [0.05, 0.1) is 56.0 Å². The number of morpholine rings is 1. The topological polar surface area (TPSA) is 63.3 Å². The van der Waals surface area contributed by atoms with Crippen LogP contribution in [0.2, 0.25) is 0 Å². The van der Waals surface area contributed by atoms with Crippen LogP contribution in [0.25, 0.3) is 0 Å². The second kappa shape index (κ2) is 8.70. The molecule has 0 spiro atoms. The lowest BCUT2D eigenvalue weighted by Crippen LogP contribution is -2.56. The van der Waals surface area contributed by atoms with Gasteiger partial charge in [-0.05, 0) is 26.0 Å². The SMILES string of the molecule is COCCOC1CN(C(=O)Nc2ccccc2N2C[C@H](C)O[C@@H](C)C2)C1. The third-order valence-electron chi connectivity index (χ3n) is 4.68. The molecule has 2 saturated heterocycles. The molecule has 1 aromatic rings. The monoisotopic (exact) mass is 363 g/mol. The third kappa shape index (κ3) is 4.66. The van der Waals surface area contributed by atoms with Gasteiger partial charge < -0.3 is 29.3 Å². The van der Waals surface area contributed by atoms with E-state index < -0.39 is 0 Å². The summed E-state index contributed by atoms with van der Waals surface area (Å²) in [4.78, 5) is 16.6. The van der Waals surface area contributed by atoms with Gasteiger partial charge in [0, 0.05) is 20.2 Å². The summed E-state index contributed by atoms with van der Waals surface area (Å²) < 4.78 is 16.4. The molecule has 0 saturated carbocycles. The molecular formula is C19H29N3O4. The fraction of sp³-hybridized carbons (Fsp3) is 0.632. The molecule has 3 rings (SSSR count). The third-order valence-corrected chi connectivity index (χ3v) is 4.68. The van der Waals surface area contributed by atoms with Crippen molar-refractivity contribution in [3.63, 3.8) is 0 Å². The van der Waals surface area contributed by atoms with Crippen molar-refractivity contribution in [3.05, 3.63) is 24.3 Å². The van der Waals surface area contributed by atoms with Gasteiger partial charge in [0.15, 0.2) is 0 Å². The molecule has 0 unspecified atom stereocenters. The number of carbonyl (C=O) groups excluding carboxylic acids is 1. The van der Waals surface area contributed by atoms with Crippen LogP contribution in [0.3, 0.4) is 0 Å². The Morgan fingerprint density at radius 2 is 1.85 bits per heavy atom. The van der Waals surface area contributed by atoms with Crippen LogP contribution in [0.4, 0.5) is 16.2 Å². The first-order valence-electron chi connectivity index (χ1n) is 9.22. The summed E-state index contributed by atoms with van der Waals surface area (Å²) in [6.07, 6.45) is 0.442. The minimum Gasteiger partial charge on any atom is -0.382 e. The average Bonchev–Trinajstić information content (AvgIpc) is 2.56. The minimum atomic E-state index is -0.0848. The Bertz CT molecular complexity index is 596. The quantitative estimate of drug-likeness (QED) is 0.785. The van der Waals surface area contributed by atoms with Crippen LogP contribution in [-0.4, -0.2) is 75.7 Å². The van der Waals surface area contributed by atoms with Crippen molar-refractivity contribution in [2.75, 3.05) is 56.7 Å². The van der Waals surface area contributed by atoms with Crippen molar-refractivity contribution in [3.8, 4) is 0 Å². The van der Waals surface area contributed by atoms with Crippen molar-refractivity contribution in [1.29, 1.82) is 0 Å². The molecule has 7 nitrogen and oxygen atoms in total. The molecule has 2 heterocycles. The smallest absolute Gasteiger partial charge is 0.322 e. The lowest BCUT2D eigenvalue weighted by atomic mass is 10.1. The molecule has 1 N–H and O–H groups in total. The molecule has 1 aromatic carbocycles. The van der Waals surface area contributed by atoms with Gasteiger partial charge in [0.2, 0.25) is 0 Å². The summed E-state index contributed by atoms with van der Waals surface area (Å²) in [5.41, 5.74) is 1.87. The molecule has 0 aromatic heterocycles. The van der Waals surface area contributed by atoms with Crippen LogP contribution < -0.4 is 10.2 Å². The van der Waals surface area contributed by atoms with Gasteiger partial charge in [-0.1, -0.05) is 12.1 Å². The number of urea groups is 1. The molecule has 26 heavy (non-hydrogen) atoms. The molecule has 2 aliphatic rings. The van der Waals surface area contributed by atoms with E-state index in [-0.39, 0.29) is 24.3 Å². The zero-order valence-electron chi connectivity index (χ0n) is 15.8. The normalized spacial score (nSPS) is 23.7. The predicted molar refractivity (Wildman–Crippen MR) is 101 cm³/mol. The largest absolute Gasteiger partial charge is 0.382 e. The van der Waals surface area contributed by atoms with Crippen molar-refractivity contribution in [2.24, 2.45) is 0 Å². The summed E-state index contributed by atoms with van der Waals surface area (Å²) in [6, 6.07) is 7.86. The van der Waals surface area contributed by atoms with Crippen LogP contribution >= 0.6 is 0 Å². The van der Waals surface area contributed by atoms with Crippen LogP contribution in [-0.2, 0) is 14.2 Å². The van der Waals surface area contributed by atoms with Crippen molar-refractivity contribution < 1.29 is 19.0 Å². The van der Waals surface area contributed by atoms with E-state index in [2.05, 4.69) is 24.1 Å². The Hall–Kier alpha value is -1.83. The van der Waals surface area contributed by atoms with Crippen LogP contribution in [0.5, 0.6) is 0 Å². The van der Waals surface area contributed by atoms with Crippen LogP contribution in [0.1, 0.15) is 13.8 Å². The fourth-order valence-electron chi connectivity index (χ4n) is 3.43. The summed E-state index contributed by atoms with van der Waals surface area (Å²) in [7, 11) is 1.65. The van der Waals surface area contributed by atoms with Gasteiger partial charge in [-0.25, -0.2) is 4.79 Å². The zero-order valence-corrected chi connectivity index (χ0v) is 15.8. The molecule has 7 heteroatoms. The molecule has 2 amide bonds. The molecule has 0 aliphatic carbocycles. The van der Waals surface area contributed by atoms with Crippen molar-refractivity contribution in [1.82, 2.24) is 4.90 Å². The van der Waals surface area contributed by atoms with E-state index in [9.17, 15) is 4.79 Å². The molecule has 144 valence electrons. The van der Waals surface area contributed by atoms with Gasteiger partial charge in [-0.2, -0.15) is 0 Å². The highest BCUT2D eigenvalue weighted by Gasteiger charge is 2.32. The number of amides is 2. The van der Waals surface area contributed by atoms with Crippen molar-refractivity contribution >= 4 is 17.4 Å². The van der Waals surface area contributed by atoms with Gasteiger partial charge in [-0.15, -0.1) is 0 Å². The van der Waals surface area contributed by atoms with Crippen molar-refractivity contribution in [2.45, 2.75) is 32.2 Å². The first kappa shape index (κ1) is 18.9. The Kier molecular flexibility index (Phi) is 6.34. The number of methoxy groups -OCH3 is 1. The summed E-state index contributed by atoms with van der Waals surface area (Å²) in [6.45, 7) is 8.15. The molecule has 2 aliphatic heterocycles. The number of carbonyl (C=O) groups is 1. The highest BCUT2D eigenvalue weighted by Crippen LogP contribution is 2.29. The van der Waals surface area contributed by atoms with Gasteiger partial charge in [0.25, 0.3) is 0 Å². The number of hydrogen-bond acceptors (Lipinski definition) is 5. The number of anilines is 2. The Balaban J connectivity index is 1.56. The van der Waals surface area contributed by atoms with Crippen LogP contribution in [0, 0.1) is 0 Å². The lowest BCUT2D eigenvalue weighted by Gasteiger charge is -2.40. The number of nitrogens with zero attached hydrogens (tertiary/aromatic N) is 2. The molecule has 2 fully saturated rings.